The Balaban J connectivity index is 1.60. The second-order valence-electron chi connectivity index (χ2n) is 5.55. The second kappa shape index (κ2) is 6.97. The average Bonchev–Trinajstić information content (AvgIpc) is 3.06. The van der Waals surface area contributed by atoms with Crippen LogP contribution in [0.3, 0.4) is 0 Å². The molecule has 0 aliphatic heterocycles. The van der Waals surface area contributed by atoms with Gasteiger partial charge in [0.15, 0.2) is 0 Å². The highest BCUT2D eigenvalue weighted by molar-refractivity contribution is 9.10. The lowest BCUT2D eigenvalue weighted by Crippen LogP contribution is -2.20. The molecule has 22 heavy (non-hydrogen) atoms. The van der Waals surface area contributed by atoms with Gasteiger partial charge in [0.1, 0.15) is 11.5 Å². The summed E-state index contributed by atoms with van der Waals surface area (Å²) in [5.74, 6) is 1.85. The summed E-state index contributed by atoms with van der Waals surface area (Å²) in [5, 5.41) is 2.98. The number of benzene rings is 2. The summed E-state index contributed by atoms with van der Waals surface area (Å²) in [6.45, 7) is 0. The smallest absolute Gasteiger partial charge is 0.227 e. The van der Waals surface area contributed by atoms with Crippen LogP contribution in [0.2, 0.25) is 0 Å². The predicted octanol–water partition coefficient (Wildman–Crippen LogP) is 5.37. The Hall–Kier alpha value is -1.81. The van der Waals surface area contributed by atoms with Crippen molar-refractivity contribution >= 4 is 27.5 Å². The van der Waals surface area contributed by atoms with Gasteiger partial charge in [-0.15, -0.1) is 0 Å². The van der Waals surface area contributed by atoms with Crippen LogP contribution >= 0.6 is 15.9 Å². The summed E-state index contributed by atoms with van der Waals surface area (Å²) < 4.78 is 6.78. The molecular weight excluding hydrogens is 342 g/mol. The molecule has 0 atom stereocenters. The third kappa shape index (κ3) is 3.89. The number of nitrogens with one attached hydrogen (secondary N) is 1. The molecule has 3 rings (SSSR count). The number of hydrogen-bond donors (Lipinski definition) is 1. The number of hydrogen-bond acceptors (Lipinski definition) is 2. The molecule has 0 saturated heterocycles. The first kappa shape index (κ1) is 15.1. The summed E-state index contributed by atoms with van der Waals surface area (Å²) in [4.78, 5) is 12.1. The molecule has 2 aromatic carbocycles. The molecule has 0 bridgehead atoms. The van der Waals surface area contributed by atoms with Crippen molar-refractivity contribution in [2.75, 3.05) is 5.32 Å². The number of ether oxygens (including phenoxy) is 1. The Morgan fingerprint density at radius 2 is 1.50 bits per heavy atom. The molecule has 0 heterocycles. The average molecular weight is 360 g/mol. The van der Waals surface area contributed by atoms with E-state index < -0.39 is 0 Å². The maximum Gasteiger partial charge on any atom is 0.227 e. The van der Waals surface area contributed by atoms with Gasteiger partial charge in [-0.05, 0) is 61.4 Å². The van der Waals surface area contributed by atoms with Crippen LogP contribution in [-0.4, -0.2) is 5.91 Å². The molecule has 1 N–H and O–H groups in total. The zero-order valence-corrected chi connectivity index (χ0v) is 13.8. The molecule has 1 amide bonds. The topological polar surface area (TPSA) is 38.3 Å². The number of amides is 1. The van der Waals surface area contributed by atoms with Crippen molar-refractivity contribution in [2.24, 2.45) is 5.92 Å². The molecule has 1 fully saturated rings. The van der Waals surface area contributed by atoms with E-state index in [1.807, 2.05) is 48.5 Å². The summed E-state index contributed by atoms with van der Waals surface area (Å²) in [5.41, 5.74) is 0.819. The molecular formula is C18H18BrNO2. The molecule has 114 valence electrons. The maximum atomic E-state index is 12.1. The van der Waals surface area contributed by atoms with Gasteiger partial charge in [-0.3, -0.25) is 4.79 Å². The van der Waals surface area contributed by atoms with Crippen LogP contribution in [0.15, 0.2) is 53.0 Å². The van der Waals surface area contributed by atoms with E-state index in [1.54, 1.807) is 0 Å². The van der Waals surface area contributed by atoms with Gasteiger partial charge in [0.25, 0.3) is 0 Å². The normalized spacial score (nSPS) is 14.8. The van der Waals surface area contributed by atoms with Gasteiger partial charge in [-0.2, -0.15) is 0 Å². The first-order valence-corrected chi connectivity index (χ1v) is 8.34. The van der Waals surface area contributed by atoms with Crippen LogP contribution in [0.4, 0.5) is 5.69 Å². The van der Waals surface area contributed by atoms with Gasteiger partial charge in [0.05, 0.1) is 0 Å². The Morgan fingerprint density at radius 3 is 2.09 bits per heavy atom. The van der Waals surface area contributed by atoms with Gasteiger partial charge in [-0.25, -0.2) is 0 Å². The highest BCUT2D eigenvalue weighted by Gasteiger charge is 2.22. The number of halogens is 1. The van der Waals surface area contributed by atoms with E-state index in [0.717, 1.165) is 47.3 Å². The molecule has 1 saturated carbocycles. The fourth-order valence-corrected chi connectivity index (χ4v) is 2.94. The van der Waals surface area contributed by atoms with Crippen molar-refractivity contribution in [2.45, 2.75) is 25.7 Å². The van der Waals surface area contributed by atoms with E-state index in [4.69, 9.17) is 4.74 Å². The Kier molecular flexibility index (Phi) is 4.78. The summed E-state index contributed by atoms with van der Waals surface area (Å²) in [7, 11) is 0. The lowest BCUT2D eigenvalue weighted by atomic mass is 10.1. The fraction of sp³-hybridized carbons (Fsp3) is 0.278. The molecule has 2 aromatic rings. The van der Waals surface area contributed by atoms with Crippen LogP contribution in [0.25, 0.3) is 0 Å². The largest absolute Gasteiger partial charge is 0.457 e. The van der Waals surface area contributed by atoms with Crippen LogP contribution in [0, 0.1) is 5.92 Å². The third-order valence-corrected chi connectivity index (χ3v) is 4.43. The molecule has 4 heteroatoms. The Labute approximate surface area is 138 Å². The van der Waals surface area contributed by atoms with Gasteiger partial charge in [-0.1, -0.05) is 28.8 Å². The highest BCUT2D eigenvalue weighted by Crippen LogP contribution is 2.27. The minimum atomic E-state index is 0.138. The minimum Gasteiger partial charge on any atom is -0.457 e. The van der Waals surface area contributed by atoms with Gasteiger partial charge in [0, 0.05) is 16.1 Å². The molecule has 0 aromatic heterocycles. The first-order chi connectivity index (χ1) is 10.7. The molecule has 3 nitrogen and oxygen atoms in total. The van der Waals surface area contributed by atoms with Crippen LogP contribution in [-0.2, 0) is 4.79 Å². The van der Waals surface area contributed by atoms with Crippen molar-refractivity contribution in [1.29, 1.82) is 0 Å². The summed E-state index contributed by atoms with van der Waals surface area (Å²) in [6.07, 6.45) is 4.35. The number of carbonyl (C=O) groups excluding carboxylic acids is 1. The lowest BCUT2D eigenvalue weighted by molar-refractivity contribution is -0.119. The number of rotatable bonds is 4. The van der Waals surface area contributed by atoms with E-state index in [9.17, 15) is 4.79 Å². The van der Waals surface area contributed by atoms with E-state index in [1.165, 1.54) is 0 Å². The second-order valence-corrected chi connectivity index (χ2v) is 6.47. The standard InChI is InChI=1S/C18H18BrNO2/c19-14-5-9-16(10-6-14)22-17-11-7-15(8-12-17)20-18(21)13-3-1-2-4-13/h5-13H,1-4H2,(H,20,21). The summed E-state index contributed by atoms with van der Waals surface area (Å²) in [6, 6.07) is 15.2. The van der Waals surface area contributed by atoms with E-state index in [2.05, 4.69) is 21.2 Å². The maximum absolute atomic E-state index is 12.1. The number of carbonyl (C=O) groups is 1. The van der Waals surface area contributed by atoms with Gasteiger partial charge in [0.2, 0.25) is 5.91 Å². The molecule has 1 aliphatic rings. The first-order valence-electron chi connectivity index (χ1n) is 7.55. The van der Waals surface area contributed by atoms with E-state index >= 15 is 0 Å². The third-order valence-electron chi connectivity index (χ3n) is 3.90. The van der Waals surface area contributed by atoms with Crippen molar-refractivity contribution in [3.8, 4) is 11.5 Å². The van der Waals surface area contributed by atoms with Crippen LogP contribution in [0.5, 0.6) is 11.5 Å². The number of anilines is 1. The van der Waals surface area contributed by atoms with Gasteiger partial charge >= 0.3 is 0 Å². The van der Waals surface area contributed by atoms with Crippen LogP contribution in [0.1, 0.15) is 25.7 Å². The van der Waals surface area contributed by atoms with Crippen molar-refractivity contribution in [3.63, 3.8) is 0 Å². The van der Waals surface area contributed by atoms with Crippen molar-refractivity contribution < 1.29 is 9.53 Å². The lowest BCUT2D eigenvalue weighted by Gasteiger charge is -2.11. The SMILES string of the molecule is O=C(Nc1ccc(Oc2ccc(Br)cc2)cc1)C1CCCC1. The Morgan fingerprint density at radius 1 is 0.955 bits per heavy atom. The summed E-state index contributed by atoms with van der Waals surface area (Å²) >= 11 is 3.40. The quantitative estimate of drug-likeness (QED) is 0.796. The molecule has 0 spiro atoms. The minimum absolute atomic E-state index is 0.138. The van der Waals surface area contributed by atoms with Crippen molar-refractivity contribution in [3.05, 3.63) is 53.0 Å². The molecule has 1 aliphatic carbocycles. The molecule has 0 radical (unpaired) electrons. The zero-order valence-electron chi connectivity index (χ0n) is 12.2. The van der Waals surface area contributed by atoms with Crippen LogP contribution < -0.4 is 10.1 Å². The fourth-order valence-electron chi connectivity index (χ4n) is 2.68. The monoisotopic (exact) mass is 359 g/mol. The predicted molar refractivity (Wildman–Crippen MR) is 91.2 cm³/mol. The Bertz CT molecular complexity index is 631. The highest BCUT2D eigenvalue weighted by atomic mass is 79.9. The van der Waals surface area contributed by atoms with Crippen molar-refractivity contribution in [1.82, 2.24) is 0 Å². The molecule has 0 unspecified atom stereocenters. The van der Waals surface area contributed by atoms with Gasteiger partial charge < -0.3 is 10.1 Å². The van der Waals surface area contributed by atoms with E-state index in [0.29, 0.717) is 0 Å². The zero-order chi connectivity index (χ0) is 15.4. The van der Waals surface area contributed by atoms with E-state index in [-0.39, 0.29) is 11.8 Å².